The van der Waals surface area contributed by atoms with Gasteiger partial charge in [-0.1, -0.05) is 21.9 Å². The Kier molecular flexibility index (Phi) is 5.76. The Morgan fingerprint density at radius 2 is 1.79 bits per heavy atom. The number of nitrogens with zero attached hydrogens (tertiary/aromatic N) is 1. The monoisotopic (exact) mass is 448 g/mol. The SMILES string of the molecule is C#CCN1CCC(Nc2c(Br)cc(Br)cc2Br)CC1. The van der Waals surface area contributed by atoms with Gasteiger partial charge in [0.25, 0.3) is 0 Å². The van der Waals surface area contributed by atoms with Gasteiger partial charge in [0.05, 0.1) is 12.2 Å². The lowest BCUT2D eigenvalue weighted by atomic mass is 10.0. The van der Waals surface area contributed by atoms with Crippen molar-refractivity contribution in [2.24, 2.45) is 0 Å². The van der Waals surface area contributed by atoms with Crippen LogP contribution in [-0.2, 0) is 0 Å². The van der Waals surface area contributed by atoms with Crippen LogP contribution in [0, 0.1) is 12.3 Å². The van der Waals surface area contributed by atoms with E-state index < -0.39 is 0 Å². The zero-order valence-electron chi connectivity index (χ0n) is 10.4. The van der Waals surface area contributed by atoms with E-state index in [2.05, 4.69) is 76.1 Å². The molecule has 1 fully saturated rings. The summed E-state index contributed by atoms with van der Waals surface area (Å²) in [6, 6.07) is 4.61. The highest BCUT2D eigenvalue weighted by Crippen LogP contribution is 2.35. The van der Waals surface area contributed by atoms with Gasteiger partial charge >= 0.3 is 0 Å². The molecule has 1 aliphatic heterocycles. The van der Waals surface area contributed by atoms with Crippen LogP contribution in [0.2, 0.25) is 0 Å². The average Bonchev–Trinajstić information content (AvgIpc) is 2.36. The third-order valence-electron chi connectivity index (χ3n) is 3.26. The van der Waals surface area contributed by atoms with E-state index in [0.717, 1.165) is 51.6 Å². The van der Waals surface area contributed by atoms with Crippen LogP contribution < -0.4 is 5.32 Å². The third kappa shape index (κ3) is 4.22. The van der Waals surface area contributed by atoms with Crippen LogP contribution in [0.3, 0.4) is 0 Å². The Hall–Kier alpha value is -0.0200. The number of rotatable bonds is 3. The van der Waals surface area contributed by atoms with E-state index in [1.807, 2.05) is 0 Å². The van der Waals surface area contributed by atoms with Crippen LogP contribution >= 0.6 is 47.8 Å². The first-order chi connectivity index (χ1) is 9.10. The van der Waals surface area contributed by atoms with Crippen LogP contribution in [0.4, 0.5) is 5.69 Å². The number of hydrogen-bond acceptors (Lipinski definition) is 2. The number of terminal acetylenes is 1. The first-order valence-corrected chi connectivity index (χ1v) is 8.55. The Morgan fingerprint density at radius 1 is 1.21 bits per heavy atom. The number of hydrogen-bond donors (Lipinski definition) is 1. The average molecular weight is 451 g/mol. The molecule has 0 atom stereocenters. The molecular formula is C14H15Br3N2. The van der Waals surface area contributed by atoms with Crippen molar-refractivity contribution < 1.29 is 0 Å². The number of benzene rings is 1. The minimum Gasteiger partial charge on any atom is -0.380 e. The fourth-order valence-corrected chi connectivity index (χ4v) is 4.74. The molecule has 5 heteroatoms. The quantitative estimate of drug-likeness (QED) is 0.683. The van der Waals surface area contributed by atoms with Gasteiger partial charge in [-0.05, 0) is 56.8 Å². The molecule has 0 aliphatic carbocycles. The third-order valence-corrected chi connectivity index (χ3v) is 4.97. The van der Waals surface area contributed by atoms with Gasteiger partial charge in [0.2, 0.25) is 0 Å². The van der Waals surface area contributed by atoms with Crippen molar-refractivity contribution in [2.75, 3.05) is 25.0 Å². The lowest BCUT2D eigenvalue weighted by Crippen LogP contribution is -2.39. The van der Waals surface area contributed by atoms with E-state index in [1.54, 1.807) is 0 Å². The van der Waals surface area contributed by atoms with Crippen LogP contribution in [0.5, 0.6) is 0 Å². The Morgan fingerprint density at radius 3 is 2.32 bits per heavy atom. The molecule has 1 aromatic rings. The second kappa shape index (κ2) is 7.12. The molecule has 1 aliphatic rings. The number of piperidine rings is 1. The maximum Gasteiger partial charge on any atom is 0.0631 e. The fourth-order valence-electron chi connectivity index (χ4n) is 2.25. The number of anilines is 1. The maximum absolute atomic E-state index is 5.35. The highest BCUT2D eigenvalue weighted by Gasteiger charge is 2.19. The van der Waals surface area contributed by atoms with Crippen LogP contribution in [0.25, 0.3) is 0 Å². The molecule has 0 aromatic heterocycles. The predicted octanol–water partition coefficient (Wildman–Crippen LogP) is 4.48. The summed E-state index contributed by atoms with van der Waals surface area (Å²) < 4.78 is 3.19. The van der Waals surface area contributed by atoms with E-state index in [9.17, 15) is 0 Å². The van der Waals surface area contributed by atoms with Gasteiger partial charge in [0, 0.05) is 32.5 Å². The van der Waals surface area contributed by atoms with Gasteiger partial charge in [-0.3, -0.25) is 4.90 Å². The molecule has 1 N–H and O–H groups in total. The van der Waals surface area contributed by atoms with Gasteiger partial charge < -0.3 is 5.32 Å². The zero-order valence-corrected chi connectivity index (χ0v) is 15.2. The summed E-state index contributed by atoms with van der Waals surface area (Å²) >= 11 is 10.7. The standard InChI is InChI=1S/C14H15Br3N2/c1-2-5-19-6-3-11(4-7-19)18-14-12(16)8-10(15)9-13(14)17/h1,8-9,11,18H,3-7H2. The van der Waals surface area contributed by atoms with Gasteiger partial charge in [-0.25, -0.2) is 0 Å². The highest BCUT2D eigenvalue weighted by molar-refractivity contribution is 9.11. The molecule has 1 aromatic carbocycles. The second-order valence-corrected chi connectivity index (χ2v) is 7.27. The van der Waals surface area contributed by atoms with Gasteiger partial charge in [-0.15, -0.1) is 6.42 Å². The summed E-state index contributed by atoms with van der Waals surface area (Å²) in [5.41, 5.74) is 1.12. The second-order valence-electron chi connectivity index (χ2n) is 4.64. The molecule has 1 heterocycles. The Balaban J connectivity index is 1.98. The molecule has 19 heavy (non-hydrogen) atoms. The first-order valence-electron chi connectivity index (χ1n) is 6.17. The summed E-state index contributed by atoms with van der Waals surface area (Å²) in [6.45, 7) is 2.89. The highest BCUT2D eigenvalue weighted by atomic mass is 79.9. The van der Waals surface area contributed by atoms with Gasteiger partial charge in [-0.2, -0.15) is 0 Å². The van der Waals surface area contributed by atoms with Crippen molar-refractivity contribution in [1.29, 1.82) is 0 Å². The zero-order chi connectivity index (χ0) is 13.8. The molecule has 0 bridgehead atoms. The van der Waals surface area contributed by atoms with Crippen molar-refractivity contribution in [2.45, 2.75) is 18.9 Å². The van der Waals surface area contributed by atoms with Crippen molar-refractivity contribution in [3.63, 3.8) is 0 Å². The molecule has 0 radical (unpaired) electrons. The van der Waals surface area contributed by atoms with Crippen LogP contribution in [0.1, 0.15) is 12.8 Å². The molecular weight excluding hydrogens is 436 g/mol. The molecule has 0 amide bonds. The predicted molar refractivity (Wildman–Crippen MR) is 91.5 cm³/mol. The lowest BCUT2D eigenvalue weighted by molar-refractivity contribution is 0.243. The van der Waals surface area contributed by atoms with E-state index >= 15 is 0 Å². The van der Waals surface area contributed by atoms with Gasteiger partial charge in [0.15, 0.2) is 0 Å². The molecule has 0 saturated carbocycles. The summed E-state index contributed by atoms with van der Waals surface area (Å²) in [7, 11) is 0. The molecule has 2 nitrogen and oxygen atoms in total. The topological polar surface area (TPSA) is 15.3 Å². The van der Waals surface area contributed by atoms with Crippen molar-refractivity contribution in [3.8, 4) is 12.3 Å². The Labute approximate surface area is 139 Å². The molecule has 2 rings (SSSR count). The van der Waals surface area contributed by atoms with E-state index in [0.29, 0.717) is 6.04 Å². The summed E-state index contributed by atoms with van der Waals surface area (Å²) in [4.78, 5) is 2.32. The first kappa shape index (κ1) is 15.4. The summed E-state index contributed by atoms with van der Waals surface area (Å²) in [5, 5.41) is 3.61. The summed E-state index contributed by atoms with van der Waals surface area (Å²) in [5.74, 6) is 2.71. The van der Waals surface area contributed by atoms with Crippen LogP contribution in [-0.4, -0.2) is 30.6 Å². The van der Waals surface area contributed by atoms with Gasteiger partial charge in [0.1, 0.15) is 0 Å². The fraction of sp³-hybridized carbons (Fsp3) is 0.429. The minimum atomic E-state index is 0.503. The maximum atomic E-state index is 5.35. The van der Waals surface area contributed by atoms with E-state index in [-0.39, 0.29) is 0 Å². The number of likely N-dealkylation sites (tertiary alicyclic amines) is 1. The smallest absolute Gasteiger partial charge is 0.0631 e. The number of halogens is 3. The van der Waals surface area contributed by atoms with Crippen molar-refractivity contribution in [3.05, 3.63) is 25.6 Å². The molecule has 0 unspecified atom stereocenters. The summed E-state index contributed by atoms with van der Waals surface area (Å²) in [6.07, 6.45) is 7.59. The largest absolute Gasteiger partial charge is 0.380 e. The van der Waals surface area contributed by atoms with E-state index in [4.69, 9.17) is 6.42 Å². The van der Waals surface area contributed by atoms with Crippen LogP contribution in [0.15, 0.2) is 25.6 Å². The minimum absolute atomic E-state index is 0.503. The molecule has 0 spiro atoms. The lowest BCUT2D eigenvalue weighted by Gasteiger charge is -2.32. The Bertz CT molecular complexity index is 465. The van der Waals surface area contributed by atoms with E-state index in [1.165, 1.54) is 0 Å². The number of nitrogens with one attached hydrogen (secondary N) is 1. The van der Waals surface area contributed by atoms with Crippen molar-refractivity contribution in [1.82, 2.24) is 4.90 Å². The molecule has 102 valence electrons. The normalized spacial score (nSPS) is 17.2. The van der Waals surface area contributed by atoms with Crippen molar-refractivity contribution >= 4 is 53.5 Å². The molecule has 1 saturated heterocycles.